The molecule has 0 spiro atoms. The number of hydrogen-bond acceptors (Lipinski definition) is 4. The van der Waals surface area contributed by atoms with Crippen LogP contribution in [0.1, 0.15) is 25.5 Å². The number of carbonyl (C=O) groups is 1. The highest BCUT2D eigenvalue weighted by atomic mass is 79.9. The number of fused-ring (bicyclic) bond motifs is 3. The van der Waals surface area contributed by atoms with E-state index in [-0.39, 0.29) is 12.0 Å². The van der Waals surface area contributed by atoms with Gasteiger partial charge in [0.25, 0.3) is 0 Å². The Morgan fingerprint density at radius 3 is 2.85 bits per heavy atom. The Morgan fingerprint density at radius 2 is 2.08 bits per heavy atom. The van der Waals surface area contributed by atoms with E-state index in [0.29, 0.717) is 12.2 Å². The summed E-state index contributed by atoms with van der Waals surface area (Å²) in [7, 11) is 0. The van der Waals surface area contributed by atoms with Gasteiger partial charge in [-0.15, -0.1) is 0 Å². The lowest BCUT2D eigenvalue weighted by molar-refractivity contribution is -0.139. The minimum absolute atomic E-state index is 0.310. The molecule has 3 aromatic rings. The van der Waals surface area contributed by atoms with Crippen LogP contribution in [0.25, 0.3) is 11.0 Å². The lowest BCUT2D eigenvalue weighted by Crippen LogP contribution is -2.29. The number of halogens is 1. The van der Waals surface area contributed by atoms with Gasteiger partial charge in [-0.2, -0.15) is 0 Å². The second-order valence-corrected chi connectivity index (χ2v) is 7.05. The maximum Gasteiger partial charge on any atom is 0.338 e. The largest absolute Gasteiger partial charge is 0.463 e. The van der Waals surface area contributed by atoms with Crippen LogP contribution in [0.5, 0.6) is 0 Å². The Balaban J connectivity index is 1.99. The van der Waals surface area contributed by atoms with E-state index in [2.05, 4.69) is 25.8 Å². The molecular weight excluding hydrogens is 394 g/mol. The predicted octanol–water partition coefficient (Wildman–Crippen LogP) is 4.65. The molecule has 2 aromatic carbocycles. The van der Waals surface area contributed by atoms with Gasteiger partial charge in [-0.05, 0) is 43.7 Å². The molecule has 6 heteroatoms. The number of nitrogens with zero attached hydrogens (tertiary/aromatic N) is 2. The molecule has 4 rings (SSSR count). The van der Waals surface area contributed by atoms with Gasteiger partial charge < -0.3 is 10.1 Å². The van der Waals surface area contributed by atoms with Gasteiger partial charge in [-0.1, -0.05) is 40.2 Å². The summed E-state index contributed by atoms with van der Waals surface area (Å²) in [5.74, 6) is 0.410. The van der Waals surface area contributed by atoms with Crippen molar-refractivity contribution in [2.75, 3.05) is 11.9 Å². The molecule has 0 fully saturated rings. The van der Waals surface area contributed by atoms with E-state index in [1.807, 2.05) is 62.4 Å². The van der Waals surface area contributed by atoms with Gasteiger partial charge in [0.05, 0.1) is 29.3 Å². The Labute approximate surface area is 159 Å². The number of esters is 1. The fourth-order valence-electron chi connectivity index (χ4n) is 3.43. The Hall–Kier alpha value is -2.60. The summed E-state index contributed by atoms with van der Waals surface area (Å²) in [6.45, 7) is 4.04. The van der Waals surface area contributed by atoms with Crippen molar-refractivity contribution in [1.82, 2.24) is 9.55 Å². The number of rotatable bonds is 3. The highest BCUT2D eigenvalue weighted by Gasteiger charge is 2.34. The van der Waals surface area contributed by atoms with Crippen molar-refractivity contribution in [3.05, 3.63) is 69.8 Å². The Bertz CT molecular complexity index is 1040. The normalized spacial score (nSPS) is 16.3. The highest BCUT2D eigenvalue weighted by molar-refractivity contribution is 9.10. The van der Waals surface area contributed by atoms with Gasteiger partial charge >= 0.3 is 5.97 Å². The van der Waals surface area contributed by atoms with Crippen LogP contribution in [0.4, 0.5) is 5.95 Å². The zero-order valence-electron chi connectivity index (χ0n) is 14.5. The van der Waals surface area contributed by atoms with E-state index in [0.717, 1.165) is 32.7 Å². The first-order valence-electron chi connectivity index (χ1n) is 8.47. The fraction of sp³-hybridized carbons (Fsp3) is 0.200. The van der Waals surface area contributed by atoms with Crippen molar-refractivity contribution < 1.29 is 9.53 Å². The quantitative estimate of drug-likeness (QED) is 0.637. The van der Waals surface area contributed by atoms with Gasteiger partial charge in [-0.3, -0.25) is 4.57 Å². The van der Waals surface area contributed by atoms with Crippen molar-refractivity contribution in [2.45, 2.75) is 19.9 Å². The first-order chi connectivity index (χ1) is 12.6. The number of carbonyl (C=O) groups excluding carboxylic acids is 1. The van der Waals surface area contributed by atoms with Crippen LogP contribution in [-0.4, -0.2) is 22.1 Å². The minimum Gasteiger partial charge on any atom is -0.463 e. The van der Waals surface area contributed by atoms with Gasteiger partial charge in [0, 0.05) is 10.2 Å². The lowest BCUT2D eigenvalue weighted by Gasteiger charge is -2.30. The van der Waals surface area contributed by atoms with Crippen molar-refractivity contribution in [1.29, 1.82) is 0 Å². The topological polar surface area (TPSA) is 56.1 Å². The summed E-state index contributed by atoms with van der Waals surface area (Å²) in [6.07, 6.45) is 0. The average molecular weight is 412 g/mol. The number of para-hydroxylation sites is 2. The molecule has 1 aromatic heterocycles. The van der Waals surface area contributed by atoms with Crippen LogP contribution in [0.3, 0.4) is 0 Å². The molecule has 26 heavy (non-hydrogen) atoms. The summed E-state index contributed by atoms with van der Waals surface area (Å²) in [5, 5.41) is 3.27. The van der Waals surface area contributed by atoms with Crippen molar-refractivity contribution in [3.63, 3.8) is 0 Å². The van der Waals surface area contributed by atoms with E-state index in [1.54, 1.807) is 0 Å². The summed E-state index contributed by atoms with van der Waals surface area (Å²) in [5.41, 5.74) is 4.20. The third-order valence-corrected chi connectivity index (χ3v) is 4.98. The van der Waals surface area contributed by atoms with Gasteiger partial charge in [0.2, 0.25) is 5.95 Å². The standard InChI is InChI=1S/C20H18BrN3O2/c1-3-26-19(25)17-12(2)22-20-23-15-9-4-5-10-16(15)24(20)18(17)13-7-6-8-14(21)11-13/h4-11,18H,3H2,1-2H3,(H,22,23)/t18-/m0/s1. The SMILES string of the molecule is CCOC(=O)C1=C(C)Nc2nc3ccccc3n2[C@H]1c1cccc(Br)c1. The third-order valence-electron chi connectivity index (χ3n) is 4.49. The first kappa shape index (κ1) is 16.8. The zero-order valence-corrected chi connectivity index (χ0v) is 16.1. The Morgan fingerprint density at radius 1 is 1.27 bits per heavy atom. The molecule has 1 aliphatic heterocycles. The van der Waals surface area contributed by atoms with Crippen LogP contribution < -0.4 is 5.32 Å². The summed E-state index contributed by atoms with van der Waals surface area (Å²) in [6, 6.07) is 15.6. The molecule has 1 atom stereocenters. The number of hydrogen-bond donors (Lipinski definition) is 1. The number of anilines is 1. The maximum absolute atomic E-state index is 12.8. The number of imidazole rings is 1. The molecule has 0 bridgehead atoms. The zero-order chi connectivity index (χ0) is 18.3. The maximum atomic E-state index is 12.8. The molecular formula is C20H18BrN3O2. The lowest BCUT2D eigenvalue weighted by atomic mass is 9.95. The summed E-state index contributed by atoms with van der Waals surface area (Å²) >= 11 is 3.54. The molecule has 0 amide bonds. The second-order valence-electron chi connectivity index (χ2n) is 6.14. The predicted molar refractivity (Wildman–Crippen MR) is 105 cm³/mol. The van der Waals surface area contributed by atoms with E-state index < -0.39 is 0 Å². The van der Waals surface area contributed by atoms with Crippen molar-refractivity contribution >= 4 is 38.9 Å². The molecule has 0 unspecified atom stereocenters. The summed E-state index contributed by atoms with van der Waals surface area (Å²) in [4.78, 5) is 17.5. The number of allylic oxidation sites excluding steroid dienone is 1. The van der Waals surface area contributed by atoms with Crippen LogP contribution in [0, 0.1) is 0 Å². The van der Waals surface area contributed by atoms with Crippen LogP contribution in [0.2, 0.25) is 0 Å². The highest BCUT2D eigenvalue weighted by Crippen LogP contribution is 2.39. The molecule has 1 N–H and O–H groups in total. The molecule has 0 radical (unpaired) electrons. The molecule has 5 nitrogen and oxygen atoms in total. The van der Waals surface area contributed by atoms with E-state index in [4.69, 9.17) is 9.72 Å². The van der Waals surface area contributed by atoms with E-state index in [9.17, 15) is 4.79 Å². The van der Waals surface area contributed by atoms with Crippen molar-refractivity contribution in [3.8, 4) is 0 Å². The van der Waals surface area contributed by atoms with Crippen LogP contribution in [-0.2, 0) is 9.53 Å². The van der Waals surface area contributed by atoms with Crippen LogP contribution in [0.15, 0.2) is 64.3 Å². The molecule has 132 valence electrons. The number of aromatic nitrogens is 2. The monoisotopic (exact) mass is 411 g/mol. The minimum atomic E-state index is -0.314. The third kappa shape index (κ3) is 2.70. The first-order valence-corrected chi connectivity index (χ1v) is 9.26. The Kier molecular flexibility index (Phi) is 4.28. The summed E-state index contributed by atoms with van der Waals surface area (Å²) < 4.78 is 8.38. The van der Waals surface area contributed by atoms with Gasteiger partial charge in [0.15, 0.2) is 0 Å². The average Bonchev–Trinajstić information content (AvgIpc) is 2.98. The smallest absolute Gasteiger partial charge is 0.338 e. The second kappa shape index (κ2) is 6.61. The van der Waals surface area contributed by atoms with Crippen molar-refractivity contribution in [2.24, 2.45) is 0 Å². The number of benzene rings is 2. The molecule has 1 aliphatic rings. The molecule has 0 saturated carbocycles. The van der Waals surface area contributed by atoms with Gasteiger partial charge in [0.1, 0.15) is 0 Å². The molecule has 0 saturated heterocycles. The fourth-order valence-corrected chi connectivity index (χ4v) is 3.85. The van der Waals surface area contributed by atoms with E-state index in [1.165, 1.54) is 0 Å². The number of ether oxygens (including phenoxy) is 1. The van der Waals surface area contributed by atoms with Crippen LogP contribution >= 0.6 is 15.9 Å². The molecule has 0 aliphatic carbocycles. The van der Waals surface area contributed by atoms with E-state index >= 15 is 0 Å². The number of nitrogens with one attached hydrogen (secondary N) is 1. The van der Waals surface area contributed by atoms with Gasteiger partial charge in [-0.25, -0.2) is 9.78 Å². The molecule has 2 heterocycles.